The monoisotopic (exact) mass is 357 g/mol. The summed E-state index contributed by atoms with van der Waals surface area (Å²) in [5.74, 6) is 0.103. The molecule has 1 heterocycles. The van der Waals surface area contributed by atoms with Gasteiger partial charge in [-0.3, -0.25) is 9.59 Å². The van der Waals surface area contributed by atoms with E-state index in [1.165, 1.54) is 12.1 Å². The van der Waals surface area contributed by atoms with Gasteiger partial charge in [-0.25, -0.2) is 0 Å². The number of carbonyl (C=O) groups is 2. The molecule has 1 aromatic carbocycles. The second-order valence-corrected chi connectivity index (χ2v) is 5.39. The van der Waals surface area contributed by atoms with Gasteiger partial charge < -0.3 is 25.0 Å². The van der Waals surface area contributed by atoms with Gasteiger partial charge in [-0.2, -0.15) is 0 Å². The Hall–Kier alpha value is -1.83. The van der Waals surface area contributed by atoms with Crippen molar-refractivity contribution in [2.24, 2.45) is 0 Å². The van der Waals surface area contributed by atoms with Crippen LogP contribution in [-0.4, -0.2) is 79.7 Å². The number of halogens is 1. The molecule has 1 fully saturated rings. The smallest absolute Gasteiger partial charge is 0.253 e. The summed E-state index contributed by atoms with van der Waals surface area (Å²) < 4.78 is 4.91. The highest BCUT2D eigenvalue weighted by Gasteiger charge is 2.24. The van der Waals surface area contributed by atoms with Crippen molar-refractivity contribution in [1.82, 2.24) is 15.1 Å². The van der Waals surface area contributed by atoms with Gasteiger partial charge in [0.2, 0.25) is 5.91 Å². The first kappa shape index (κ1) is 20.2. The highest BCUT2D eigenvalue weighted by Crippen LogP contribution is 2.13. The Morgan fingerprint density at radius 1 is 1.12 bits per heavy atom. The Kier molecular flexibility index (Phi) is 8.53. The van der Waals surface area contributed by atoms with Crippen LogP contribution >= 0.6 is 12.4 Å². The van der Waals surface area contributed by atoms with Gasteiger partial charge in [0.1, 0.15) is 5.75 Å². The molecule has 7 nitrogen and oxygen atoms in total. The molecule has 0 aromatic heterocycles. The van der Waals surface area contributed by atoms with E-state index >= 15 is 0 Å². The Labute approximate surface area is 148 Å². The molecule has 134 valence electrons. The largest absolute Gasteiger partial charge is 0.508 e. The molecule has 0 unspecified atom stereocenters. The number of rotatable bonds is 6. The number of piperazine rings is 1. The maximum atomic E-state index is 12.3. The summed E-state index contributed by atoms with van der Waals surface area (Å²) in [5.41, 5.74) is 0.545. The van der Waals surface area contributed by atoms with Crippen LogP contribution < -0.4 is 5.32 Å². The summed E-state index contributed by atoms with van der Waals surface area (Å²) in [6, 6.07) is 6.21. The fraction of sp³-hybridized carbons (Fsp3) is 0.500. The Bertz CT molecular complexity index is 531. The number of carbonyl (C=O) groups excluding carboxylic acids is 2. The lowest BCUT2D eigenvalue weighted by Crippen LogP contribution is -2.52. The van der Waals surface area contributed by atoms with Crippen LogP contribution in [0.15, 0.2) is 24.3 Å². The highest BCUT2D eigenvalue weighted by atomic mass is 35.5. The standard InChI is InChI=1S/C16H23N3O4.ClH/c1-23-11-6-17-12-15(21)18-7-9-19(10-8-18)16(22)13-2-4-14(20)5-3-13;/h2-5,17,20H,6-12H2,1H3;1H. The number of methoxy groups -OCH3 is 1. The van der Waals surface area contributed by atoms with Crippen LogP contribution in [0.5, 0.6) is 5.75 Å². The molecule has 2 amide bonds. The minimum absolute atomic E-state index is 0. The minimum atomic E-state index is -0.0738. The van der Waals surface area contributed by atoms with Gasteiger partial charge >= 0.3 is 0 Å². The van der Waals surface area contributed by atoms with Crippen LogP contribution in [0, 0.1) is 0 Å². The molecule has 0 atom stereocenters. The third-order valence-corrected chi connectivity index (χ3v) is 3.79. The number of benzene rings is 1. The molecule has 0 spiro atoms. The van der Waals surface area contributed by atoms with E-state index in [-0.39, 0.29) is 36.5 Å². The number of hydrogen-bond donors (Lipinski definition) is 2. The first-order valence-electron chi connectivity index (χ1n) is 7.67. The van der Waals surface area contributed by atoms with Crippen LogP contribution in [0.4, 0.5) is 0 Å². The average Bonchev–Trinajstić information content (AvgIpc) is 2.59. The van der Waals surface area contributed by atoms with Gasteiger partial charge in [-0.1, -0.05) is 0 Å². The van der Waals surface area contributed by atoms with Crippen molar-refractivity contribution in [3.63, 3.8) is 0 Å². The summed E-state index contributed by atoms with van der Waals surface area (Å²) in [6.45, 7) is 3.61. The third kappa shape index (κ3) is 5.67. The Balaban J connectivity index is 0.00000288. The van der Waals surface area contributed by atoms with Crippen molar-refractivity contribution in [3.8, 4) is 5.75 Å². The second kappa shape index (κ2) is 10.1. The number of phenolic OH excluding ortho intramolecular Hbond substituents is 1. The van der Waals surface area contributed by atoms with E-state index < -0.39 is 0 Å². The van der Waals surface area contributed by atoms with E-state index in [4.69, 9.17) is 4.74 Å². The Morgan fingerprint density at radius 3 is 2.29 bits per heavy atom. The van der Waals surface area contributed by atoms with Gasteiger partial charge in [-0.05, 0) is 24.3 Å². The fourth-order valence-electron chi connectivity index (χ4n) is 2.43. The predicted octanol–water partition coefficient (Wildman–Crippen LogP) is 0.334. The summed E-state index contributed by atoms with van der Waals surface area (Å²) in [7, 11) is 1.62. The topological polar surface area (TPSA) is 82.1 Å². The molecule has 0 saturated carbocycles. The SMILES string of the molecule is COCCNCC(=O)N1CCN(C(=O)c2ccc(O)cc2)CC1.Cl. The molecule has 0 aliphatic carbocycles. The highest BCUT2D eigenvalue weighted by molar-refractivity contribution is 5.94. The second-order valence-electron chi connectivity index (χ2n) is 5.39. The predicted molar refractivity (Wildman–Crippen MR) is 92.6 cm³/mol. The lowest BCUT2D eigenvalue weighted by atomic mass is 10.1. The minimum Gasteiger partial charge on any atom is -0.508 e. The lowest BCUT2D eigenvalue weighted by Gasteiger charge is -2.35. The summed E-state index contributed by atoms with van der Waals surface area (Å²) in [5, 5.41) is 12.3. The zero-order valence-electron chi connectivity index (χ0n) is 13.7. The normalized spacial score (nSPS) is 14.2. The molecular weight excluding hydrogens is 334 g/mol. The first-order chi connectivity index (χ1) is 11.1. The van der Waals surface area contributed by atoms with Gasteiger partial charge in [-0.15, -0.1) is 12.4 Å². The average molecular weight is 358 g/mol. The zero-order valence-corrected chi connectivity index (χ0v) is 14.6. The molecule has 1 aromatic rings. The molecule has 0 radical (unpaired) electrons. The van der Waals surface area contributed by atoms with Crippen LogP contribution in [0.3, 0.4) is 0 Å². The van der Waals surface area contributed by atoms with Crippen molar-refractivity contribution >= 4 is 24.2 Å². The first-order valence-corrected chi connectivity index (χ1v) is 7.67. The number of phenols is 1. The number of hydrogen-bond acceptors (Lipinski definition) is 5. The van der Waals surface area contributed by atoms with E-state index in [1.54, 1.807) is 29.0 Å². The van der Waals surface area contributed by atoms with Crippen molar-refractivity contribution in [3.05, 3.63) is 29.8 Å². The van der Waals surface area contributed by atoms with Crippen molar-refractivity contribution < 1.29 is 19.4 Å². The summed E-state index contributed by atoms with van der Waals surface area (Å²) >= 11 is 0. The number of nitrogens with zero attached hydrogens (tertiary/aromatic N) is 2. The molecular formula is C16H24ClN3O4. The van der Waals surface area contributed by atoms with E-state index in [2.05, 4.69) is 5.32 Å². The van der Waals surface area contributed by atoms with Gasteiger partial charge in [0.15, 0.2) is 0 Å². The molecule has 2 rings (SSSR count). The maximum absolute atomic E-state index is 12.3. The summed E-state index contributed by atoms with van der Waals surface area (Å²) in [6.07, 6.45) is 0. The molecule has 1 aliphatic rings. The molecule has 2 N–H and O–H groups in total. The van der Waals surface area contributed by atoms with E-state index in [9.17, 15) is 14.7 Å². The zero-order chi connectivity index (χ0) is 16.7. The molecule has 1 aliphatic heterocycles. The quantitative estimate of drug-likeness (QED) is 0.717. The van der Waals surface area contributed by atoms with Crippen molar-refractivity contribution in [2.75, 3.05) is 53.0 Å². The number of aromatic hydroxyl groups is 1. The third-order valence-electron chi connectivity index (χ3n) is 3.79. The van der Waals surface area contributed by atoms with E-state index in [0.717, 1.165) is 0 Å². The van der Waals surface area contributed by atoms with Gasteiger partial charge in [0.25, 0.3) is 5.91 Å². The van der Waals surface area contributed by atoms with Crippen LogP contribution in [0.1, 0.15) is 10.4 Å². The van der Waals surface area contributed by atoms with Gasteiger partial charge in [0.05, 0.1) is 13.2 Å². The van der Waals surface area contributed by atoms with E-state index in [1.807, 2.05) is 0 Å². The Morgan fingerprint density at radius 2 is 1.71 bits per heavy atom. The number of ether oxygens (including phenoxy) is 1. The van der Waals surface area contributed by atoms with E-state index in [0.29, 0.717) is 44.9 Å². The molecule has 8 heteroatoms. The summed E-state index contributed by atoms with van der Waals surface area (Å²) in [4.78, 5) is 27.9. The van der Waals surface area contributed by atoms with Crippen LogP contribution in [0.2, 0.25) is 0 Å². The molecule has 0 bridgehead atoms. The fourth-order valence-corrected chi connectivity index (χ4v) is 2.43. The molecule has 24 heavy (non-hydrogen) atoms. The maximum Gasteiger partial charge on any atom is 0.253 e. The van der Waals surface area contributed by atoms with Crippen LogP contribution in [0.25, 0.3) is 0 Å². The van der Waals surface area contributed by atoms with Crippen molar-refractivity contribution in [1.29, 1.82) is 0 Å². The van der Waals surface area contributed by atoms with Crippen LogP contribution in [-0.2, 0) is 9.53 Å². The lowest BCUT2D eigenvalue weighted by molar-refractivity contribution is -0.131. The molecule has 1 saturated heterocycles. The number of nitrogens with one attached hydrogen (secondary N) is 1. The van der Waals surface area contributed by atoms with Gasteiger partial charge in [0, 0.05) is 45.4 Å². The number of amides is 2. The van der Waals surface area contributed by atoms with Crippen molar-refractivity contribution in [2.45, 2.75) is 0 Å².